The number of aryl methyl sites for hydroxylation is 2. The van der Waals surface area contributed by atoms with Crippen molar-refractivity contribution in [3.63, 3.8) is 0 Å². The van der Waals surface area contributed by atoms with Gasteiger partial charge in [0.05, 0.1) is 0 Å². The summed E-state index contributed by atoms with van der Waals surface area (Å²) in [7, 11) is 0. The molecule has 0 bridgehead atoms. The number of carbonyl (C=O) groups excluding carboxylic acids is 2. The van der Waals surface area contributed by atoms with Crippen molar-refractivity contribution in [1.82, 2.24) is 9.80 Å². The summed E-state index contributed by atoms with van der Waals surface area (Å²) in [5, 5.41) is 0. The molecule has 0 atom stereocenters. The molecule has 0 spiro atoms. The van der Waals surface area contributed by atoms with Crippen LogP contribution in [0.5, 0.6) is 0 Å². The molecule has 1 aliphatic rings. The van der Waals surface area contributed by atoms with Crippen molar-refractivity contribution in [3.8, 4) is 0 Å². The highest BCUT2D eigenvalue weighted by Gasteiger charge is 2.25. The Kier molecular flexibility index (Phi) is 6.47. The number of amides is 2. The second kappa shape index (κ2) is 9.02. The minimum Gasteiger partial charge on any atom is -0.339 e. The largest absolute Gasteiger partial charge is 0.339 e. The van der Waals surface area contributed by atoms with Gasteiger partial charge in [-0.05, 0) is 36.6 Å². The molecule has 0 N–H and O–H groups in total. The first-order chi connectivity index (χ1) is 13.4. The average Bonchev–Trinajstić information content (AvgIpc) is 2.69. The molecule has 0 saturated carbocycles. The Morgan fingerprint density at radius 2 is 1.64 bits per heavy atom. The van der Waals surface area contributed by atoms with Crippen molar-refractivity contribution in [2.75, 3.05) is 37.6 Å². The molecule has 148 valence electrons. The Balaban J connectivity index is 1.59. The number of anilines is 1. The second-order valence-electron chi connectivity index (χ2n) is 7.54. The first-order valence-corrected chi connectivity index (χ1v) is 9.83. The lowest BCUT2D eigenvalue weighted by atomic mass is 10.1. The molecule has 28 heavy (non-hydrogen) atoms. The molecular formula is C23H29N3O2. The topological polar surface area (TPSA) is 43.9 Å². The molecule has 2 aromatic carbocycles. The molecule has 1 fully saturated rings. The van der Waals surface area contributed by atoms with Crippen molar-refractivity contribution in [3.05, 3.63) is 65.2 Å². The van der Waals surface area contributed by atoms with E-state index in [2.05, 4.69) is 29.2 Å². The zero-order chi connectivity index (χ0) is 20.1. The number of nitrogens with zero attached hydrogens (tertiary/aromatic N) is 3. The standard InChI is InChI=1S/C23H29N3O2/c1-18-9-10-19(2)22(15-18)26(20(3)27)17-23(28)25-13-11-24(12-14-25)16-21-7-5-4-6-8-21/h4-10,15H,11-14,16-17H2,1-3H3. The Labute approximate surface area is 167 Å². The van der Waals surface area contributed by atoms with Gasteiger partial charge < -0.3 is 9.80 Å². The average molecular weight is 380 g/mol. The smallest absolute Gasteiger partial charge is 0.242 e. The minimum absolute atomic E-state index is 0.00969. The van der Waals surface area contributed by atoms with Gasteiger partial charge in [-0.25, -0.2) is 0 Å². The molecule has 1 saturated heterocycles. The van der Waals surface area contributed by atoms with Crippen molar-refractivity contribution in [2.24, 2.45) is 0 Å². The summed E-state index contributed by atoms with van der Waals surface area (Å²) in [6, 6.07) is 16.4. The van der Waals surface area contributed by atoms with Crippen LogP contribution in [0.1, 0.15) is 23.6 Å². The number of benzene rings is 2. The third kappa shape index (κ3) is 4.98. The van der Waals surface area contributed by atoms with E-state index in [0.717, 1.165) is 36.4 Å². The molecule has 2 amide bonds. The van der Waals surface area contributed by atoms with Gasteiger partial charge in [-0.2, -0.15) is 0 Å². The molecule has 3 rings (SSSR count). The zero-order valence-corrected chi connectivity index (χ0v) is 17.0. The molecule has 5 heteroatoms. The number of hydrogen-bond acceptors (Lipinski definition) is 3. The maximum absolute atomic E-state index is 12.9. The maximum atomic E-state index is 12.9. The number of carbonyl (C=O) groups is 2. The van der Waals surface area contributed by atoms with Gasteiger partial charge in [0.25, 0.3) is 0 Å². The first-order valence-electron chi connectivity index (χ1n) is 9.83. The summed E-state index contributed by atoms with van der Waals surface area (Å²) >= 11 is 0. The summed E-state index contributed by atoms with van der Waals surface area (Å²) in [5.74, 6) is -0.0970. The highest BCUT2D eigenvalue weighted by atomic mass is 16.2. The molecule has 5 nitrogen and oxygen atoms in total. The first kappa shape index (κ1) is 20.1. The molecule has 1 heterocycles. The number of rotatable bonds is 5. The van der Waals surface area contributed by atoms with E-state index in [1.165, 1.54) is 12.5 Å². The molecule has 0 aromatic heterocycles. The van der Waals surface area contributed by atoms with Gasteiger partial charge in [-0.1, -0.05) is 42.5 Å². The van der Waals surface area contributed by atoms with Gasteiger partial charge in [-0.3, -0.25) is 14.5 Å². The molecular weight excluding hydrogens is 350 g/mol. The van der Waals surface area contributed by atoms with E-state index < -0.39 is 0 Å². The van der Waals surface area contributed by atoms with Crippen LogP contribution in [-0.2, 0) is 16.1 Å². The van der Waals surface area contributed by atoms with Crippen LogP contribution in [-0.4, -0.2) is 54.3 Å². The molecule has 0 unspecified atom stereocenters. The van der Waals surface area contributed by atoms with E-state index in [1.807, 2.05) is 43.0 Å². The van der Waals surface area contributed by atoms with Crippen molar-refractivity contribution < 1.29 is 9.59 Å². The number of piperazine rings is 1. The molecule has 0 aliphatic carbocycles. The predicted molar refractivity (Wildman–Crippen MR) is 112 cm³/mol. The van der Waals surface area contributed by atoms with Crippen LogP contribution < -0.4 is 4.90 Å². The van der Waals surface area contributed by atoms with E-state index in [0.29, 0.717) is 13.1 Å². The Hall–Kier alpha value is -2.66. The van der Waals surface area contributed by atoms with Crippen LogP contribution in [0.3, 0.4) is 0 Å². The summed E-state index contributed by atoms with van der Waals surface area (Å²) in [4.78, 5) is 30.9. The van der Waals surface area contributed by atoms with Crippen molar-refractivity contribution >= 4 is 17.5 Å². The lowest BCUT2D eigenvalue weighted by molar-refractivity contribution is -0.132. The fourth-order valence-electron chi connectivity index (χ4n) is 3.61. The maximum Gasteiger partial charge on any atom is 0.242 e. The minimum atomic E-state index is -0.107. The van der Waals surface area contributed by atoms with Crippen molar-refractivity contribution in [1.29, 1.82) is 0 Å². The van der Waals surface area contributed by atoms with Gasteiger partial charge in [-0.15, -0.1) is 0 Å². The highest BCUT2D eigenvalue weighted by molar-refractivity contribution is 5.98. The van der Waals surface area contributed by atoms with Gasteiger partial charge in [0.1, 0.15) is 6.54 Å². The van der Waals surface area contributed by atoms with Crippen LogP contribution in [0, 0.1) is 13.8 Å². The van der Waals surface area contributed by atoms with E-state index in [1.54, 1.807) is 4.90 Å². The fraction of sp³-hybridized carbons (Fsp3) is 0.391. The Morgan fingerprint density at radius 3 is 2.29 bits per heavy atom. The number of hydrogen-bond donors (Lipinski definition) is 0. The van der Waals surface area contributed by atoms with E-state index in [4.69, 9.17) is 0 Å². The predicted octanol–water partition coefficient (Wildman–Crippen LogP) is 3.00. The molecule has 0 radical (unpaired) electrons. The van der Waals surface area contributed by atoms with Crippen LogP contribution >= 0.6 is 0 Å². The van der Waals surface area contributed by atoms with Crippen LogP contribution in [0.15, 0.2) is 48.5 Å². The van der Waals surface area contributed by atoms with Crippen LogP contribution in [0.25, 0.3) is 0 Å². The van der Waals surface area contributed by atoms with E-state index in [9.17, 15) is 9.59 Å². The fourth-order valence-corrected chi connectivity index (χ4v) is 3.61. The highest BCUT2D eigenvalue weighted by Crippen LogP contribution is 2.22. The second-order valence-corrected chi connectivity index (χ2v) is 7.54. The lowest BCUT2D eigenvalue weighted by Crippen LogP contribution is -2.51. The van der Waals surface area contributed by atoms with Gasteiger partial charge in [0.15, 0.2) is 0 Å². The van der Waals surface area contributed by atoms with Crippen LogP contribution in [0.4, 0.5) is 5.69 Å². The van der Waals surface area contributed by atoms with Crippen molar-refractivity contribution in [2.45, 2.75) is 27.3 Å². The summed E-state index contributed by atoms with van der Waals surface area (Å²) in [5.41, 5.74) is 4.19. The Morgan fingerprint density at radius 1 is 0.964 bits per heavy atom. The summed E-state index contributed by atoms with van der Waals surface area (Å²) in [6.45, 7) is 9.59. The Bertz CT molecular complexity index is 827. The zero-order valence-electron chi connectivity index (χ0n) is 17.0. The van der Waals surface area contributed by atoms with Gasteiger partial charge >= 0.3 is 0 Å². The third-order valence-electron chi connectivity index (χ3n) is 5.30. The third-order valence-corrected chi connectivity index (χ3v) is 5.30. The normalized spacial score (nSPS) is 14.8. The lowest BCUT2D eigenvalue weighted by Gasteiger charge is -2.36. The van der Waals surface area contributed by atoms with Gasteiger partial charge in [0, 0.05) is 45.3 Å². The summed E-state index contributed by atoms with van der Waals surface area (Å²) < 4.78 is 0. The summed E-state index contributed by atoms with van der Waals surface area (Å²) in [6.07, 6.45) is 0. The molecule has 2 aromatic rings. The van der Waals surface area contributed by atoms with E-state index in [-0.39, 0.29) is 18.4 Å². The quantitative estimate of drug-likeness (QED) is 0.802. The SMILES string of the molecule is CC(=O)N(CC(=O)N1CCN(Cc2ccccc2)CC1)c1cc(C)ccc1C. The monoisotopic (exact) mass is 379 g/mol. The van der Waals surface area contributed by atoms with E-state index >= 15 is 0 Å². The molecule has 1 aliphatic heterocycles. The van der Waals surface area contributed by atoms with Crippen LogP contribution in [0.2, 0.25) is 0 Å². The van der Waals surface area contributed by atoms with Gasteiger partial charge in [0.2, 0.25) is 11.8 Å².